The van der Waals surface area contributed by atoms with Gasteiger partial charge in [0.25, 0.3) is 8.32 Å². The highest BCUT2D eigenvalue weighted by molar-refractivity contribution is 6.99. The molecule has 7 heteroatoms. The Hall–Kier alpha value is -1.88. The van der Waals surface area contributed by atoms with Crippen molar-refractivity contribution in [1.82, 2.24) is 0 Å². The van der Waals surface area contributed by atoms with Crippen molar-refractivity contribution in [2.24, 2.45) is 17.8 Å². The molecule has 2 aromatic rings. The molecule has 46 heavy (non-hydrogen) atoms. The molecule has 1 saturated heterocycles. The van der Waals surface area contributed by atoms with Crippen molar-refractivity contribution in [3.63, 3.8) is 0 Å². The summed E-state index contributed by atoms with van der Waals surface area (Å²) < 4.78 is 27.1. The van der Waals surface area contributed by atoms with Gasteiger partial charge >= 0.3 is 0 Å². The zero-order chi connectivity index (χ0) is 34.6. The van der Waals surface area contributed by atoms with Crippen molar-refractivity contribution in [2.75, 3.05) is 6.61 Å². The zero-order valence-electron chi connectivity index (χ0n) is 30.9. The molecular weight excluding hydrogens is 605 g/mol. The van der Waals surface area contributed by atoms with E-state index >= 15 is 0 Å². The van der Waals surface area contributed by atoms with Crippen molar-refractivity contribution >= 4 is 33.3 Å². The van der Waals surface area contributed by atoms with E-state index in [-0.39, 0.29) is 46.1 Å². The van der Waals surface area contributed by atoms with Crippen LogP contribution in [0.3, 0.4) is 0 Å². The average molecular weight is 667 g/mol. The summed E-state index contributed by atoms with van der Waals surface area (Å²) in [4.78, 5) is 11.6. The molecule has 0 spiro atoms. The van der Waals surface area contributed by atoms with Crippen molar-refractivity contribution in [3.05, 3.63) is 72.8 Å². The van der Waals surface area contributed by atoms with Gasteiger partial charge in [-0.2, -0.15) is 0 Å². The molecule has 6 atom stereocenters. The fourth-order valence-electron chi connectivity index (χ4n) is 6.39. The molecule has 1 aliphatic heterocycles. The first kappa shape index (κ1) is 38.6. The third-order valence-electron chi connectivity index (χ3n) is 10.1. The highest BCUT2D eigenvalue weighted by atomic mass is 28.4. The number of carbonyl (C=O) groups excluding carboxylic acids is 1. The zero-order valence-corrected chi connectivity index (χ0v) is 32.9. The highest BCUT2D eigenvalue weighted by Crippen LogP contribution is 2.41. The molecule has 0 saturated carbocycles. The van der Waals surface area contributed by atoms with E-state index in [2.05, 4.69) is 141 Å². The Balaban J connectivity index is 1.97. The van der Waals surface area contributed by atoms with Crippen LogP contribution in [0.5, 0.6) is 0 Å². The predicted molar refractivity (Wildman–Crippen MR) is 197 cm³/mol. The van der Waals surface area contributed by atoms with Crippen LogP contribution in [-0.2, 0) is 23.1 Å². The van der Waals surface area contributed by atoms with Gasteiger partial charge in [0.2, 0.25) is 0 Å². The molecule has 0 aliphatic carbocycles. The monoisotopic (exact) mass is 666 g/mol. The SMILES string of the molecule is C[C@H](C=O)[C@@H]1C[C@@H](/C=C\[C@H](C)[C@H](O[Si](C)(C)C(C)(C)C)[C@@H](C)CO[Si](c2ccccc2)(c2ccccc2)C(C)(C)C)OC(C)(C)O1. The Morgan fingerprint density at radius 2 is 1.39 bits per heavy atom. The van der Waals surface area contributed by atoms with E-state index in [0.29, 0.717) is 13.0 Å². The third-order valence-corrected chi connectivity index (χ3v) is 19.5. The van der Waals surface area contributed by atoms with Crippen LogP contribution in [0, 0.1) is 17.8 Å². The molecule has 5 nitrogen and oxygen atoms in total. The number of carbonyl (C=O) groups is 1. The van der Waals surface area contributed by atoms with Crippen LogP contribution in [0.25, 0.3) is 0 Å². The smallest absolute Gasteiger partial charge is 0.261 e. The van der Waals surface area contributed by atoms with Gasteiger partial charge in [0.15, 0.2) is 14.1 Å². The predicted octanol–water partition coefficient (Wildman–Crippen LogP) is 8.53. The maximum Gasteiger partial charge on any atom is 0.261 e. The van der Waals surface area contributed by atoms with E-state index in [1.165, 1.54) is 10.4 Å². The molecule has 1 fully saturated rings. The average Bonchev–Trinajstić information content (AvgIpc) is 2.97. The second-order valence-electron chi connectivity index (χ2n) is 16.5. The quantitative estimate of drug-likeness (QED) is 0.122. The van der Waals surface area contributed by atoms with Gasteiger partial charge in [0.05, 0.1) is 18.3 Å². The van der Waals surface area contributed by atoms with Gasteiger partial charge in [-0.15, -0.1) is 0 Å². The van der Waals surface area contributed by atoms with Crippen LogP contribution in [0.1, 0.15) is 82.6 Å². The number of aldehydes is 1. The van der Waals surface area contributed by atoms with Gasteiger partial charge in [0, 0.05) is 24.9 Å². The Labute approximate surface area is 282 Å². The van der Waals surface area contributed by atoms with Gasteiger partial charge < -0.3 is 23.1 Å². The normalized spacial score (nSPS) is 22.3. The van der Waals surface area contributed by atoms with Crippen molar-refractivity contribution in [3.8, 4) is 0 Å². The largest absolute Gasteiger partial charge is 0.413 e. The first-order valence-corrected chi connectivity index (χ1v) is 22.0. The molecule has 256 valence electrons. The first-order chi connectivity index (χ1) is 21.2. The minimum atomic E-state index is -2.70. The second kappa shape index (κ2) is 15.1. The van der Waals surface area contributed by atoms with Gasteiger partial charge in [0.1, 0.15) is 6.29 Å². The van der Waals surface area contributed by atoms with E-state index in [1.807, 2.05) is 20.8 Å². The highest BCUT2D eigenvalue weighted by Gasteiger charge is 2.51. The lowest BCUT2D eigenvalue weighted by molar-refractivity contribution is -0.295. The summed E-state index contributed by atoms with van der Waals surface area (Å²) in [6.45, 7) is 29.4. The van der Waals surface area contributed by atoms with Crippen LogP contribution in [0.2, 0.25) is 23.2 Å². The number of hydrogen-bond donors (Lipinski definition) is 0. The lowest BCUT2D eigenvalue weighted by Gasteiger charge is -2.46. The fourth-order valence-corrected chi connectivity index (χ4v) is 12.5. The Morgan fingerprint density at radius 1 is 0.870 bits per heavy atom. The number of benzene rings is 2. The molecule has 0 N–H and O–H groups in total. The summed E-state index contributed by atoms with van der Waals surface area (Å²) in [6.07, 6.45) is 5.68. The molecule has 3 rings (SSSR count). The fraction of sp³-hybridized carbons (Fsp3) is 0.615. The van der Waals surface area contributed by atoms with Crippen LogP contribution in [0.4, 0.5) is 0 Å². The summed E-state index contributed by atoms with van der Waals surface area (Å²) in [6, 6.07) is 21.7. The molecule has 1 heterocycles. The molecule has 0 aromatic heterocycles. The summed E-state index contributed by atoms with van der Waals surface area (Å²) >= 11 is 0. The minimum Gasteiger partial charge on any atom is -0.413 e. The standard InChI is InChI=1S/C39H62O5Si2/c1-29(24-25-32-26-35(30(2)27-40)43-39(10,11)42-32)36(44-45(12,13)37(4,5)6)31(3)28-41-46(38(7,8)9,33-20-16-14-17-21-33)34-22-18-15-19-23-34/h14-25,27,29-32,35-36H,26,28H2,1-13H3/b25-24-/t29-,30+,31-,32+,35-,36-/m0/s1. The maximum atomic E-state index is 11.6. The summed E-state index contributed by atoms with van der Waals surface area (Å²) in [5.41, 5.74) is 0. The number of ether oxygens (including phenoxy) is 2. The Bertz CT molecular complexity index is 1220. The molecule has 0 unspecified atom stereocenters. The van der Waals surface area contributed by atoms with Crippen molar-refractivity contribution in [1.29, 1.82) is 0 Å². The van der Waals surface area contributed by atoms with Crippen molar-refractivity contribution in [2.45, 2.75) is 130 Å². The topological polar surface area (TPSA) is 54.0 Å². The van der Waals surface area contributed by atoms with E-state index in [9.17, 15) is 4.79 Å². The second-order valence-corrected chi connectivity index (χ2v) is 25.5. The number of hydrogen-bond acceptors (Lipinski definition) is 5. The first-order valence-electron chi connectivity index (χ1n) is 17.2. The molecule has 0 radical (unpaired) electrons. The maximum absolute atomic E-state index is 11.6. The lowest BCUT2D eigenvalue weighted by Crippen LogP contribution is -2.67. The van der Waals surface area contributed by atoms with Crippen LogP contribution < -0.4 is 10.4 Å². The van der Waals surface area contributed by atoms with Crippen LogP contribution in [0.15, 0.2) is 72.8 Å². The Kier molecular flexibility index (Phi) is 12.7. The summed E-state index contributed by atoms with van der Waals surface area (Å²) in [7, 11) is -4.82. The number of rotatable bonds is 13. The minimum absolute atomic E-state index is 0.0482. The molecule has 2 aromatic carbocycles. The van der Waals surface area contributed by atoms with E-state index in [1.54, 1.807) is 0 Å². The summed E-state index contributed by atoms with van der Waals surface area (Å²) in [5, 5.41) is 2.54. The Morgan fingerprint density at radius 3 is 1.85 bits per heavy atom. The summed E-state index contributed by atoms with van der Waals surface area (Å²) in [5.74, 6) is -0.703. The molecule has 0 amide bonds. The van der Waals surface area contributed by atoms with E-state index in [0.717, 1.165) is 6.29 Å². The van der Waals surface area contributed by atoms with Crippen LogP contribution in [-0.4, -0.2) is 53.6 Å². The van der Waals surface area contributed by atoms with Gasteiger partial charge in [-0.05, 0) is 53.3 Å². The molecule has 0 bridgehead atoms. The van der Waals surface area contributed by atoms with Gasteiger partial charge in [-0.3, -0.25) is 0 Å². The molecule has 1 aliphatic rings. The molecular formula is C39H62O5Si2. The lowest BCUT2D eigenvalue weighted by atomic mass is 9.92. The van der Waals surface area contributed by atoms with E-state index < -0.39 is 22.4 Å². The van der Waals surface area contributed by atoms with Crippen molar-refractivity contribution < 1.29 is 23.1 Å². The van der Waals surface area contributed by atoms with Gasteiger partial charge in [-0.1, -0.05) is 135 Å². The van der Waals surface area contributed by atoms with E-state index in [4.69, 9.17) is 18.3 Å². The van der Waals surface area contributed by atoms with Crippen LogP contribution >= 0.6 is 0 Å². The third kappa shape index (κ3) is 9.17. The van der Waals surface area contributed by atoms with Gasteiger partial charge in [-0.25, -0.2) is 0 Å².